The fourth-order valence-corrected chi connectivity index (χ4v) is 2.94. The first-order valence-electron chi connectivity index (χ1n) is 6.43. The maximum Gasteiger partial charge on any atom is 0.106 e. The lowest BCUT2D eigenvalue weighted by atomic mass is 10.0. The van der Waals surface area contributed by atoms with E-state index in [2.05, 4.69) is 17.0 Å². The van der Waals surface area contributed by atoms with Crippen molar-refractivity contribution in [1.29, 1.82) is 0 Å². The first kappa shape index (κ1) is 12.0. The molecule has 3 rings (SSSR count). The van der Waals surface area contributed by atoms with E-state index in [4.69, 9.17) is 15.2 Å². The molecular weight excluding hydrogens is 228 g/mol. The van der Waals surface area contributed by atoms with E-state index >= 15 is 0 Å². The number of ether oxygens (including phenoxy) is 2. The fraction of sp³-hybridized carbons (Fsp3) is 0.571. The molecule has 0 bridgehead atoms. The topological polar surface area (TPSA) is 47.7 Å². The van der Waals surface area contributed by atoms with Gasteiger partial charge in [0, 0.05) is 45.5 Å². The number of nitrogen functional groups attached to an aromatic ring is 1. The van der Waals surface area contributed by atoms with Crippen LogP contribution in [0.3, 0.4) is 0 Å². The van der Waals surface area contributed by atoms with Gasteiger partial charge in [0.15, 0.2) is 0 Å². The van der Waals surface area contributed by atoms with Crippen molar-refractivity contribution < 1.29 is 9.47 Å². The van der Waals surface area contributed by atoms with E-state index in [0.717, 1.165) is 38.3 Å². The summed E-state index contributed by atoms with van der Waals surface area (Å²) in [5, 5.41) is 0. The van der Waals surface area contributed by atoms with Crippen molar-refractivity contribution in [1.82, 2.24) is 4.90 Å². The summed E-state index contributed by atoms with van der Waals surface area (Å²) in [4.78, 5) is 2.42. The second-order valence-corrected chi connectivity index (χ2v) is 5.36. The van der Waals surface area contributed by atoms with Gasteiger partial charge in [-0.25, -0.2) is 0 Å². The Kier molecular flexibility index (Phi) is 3.01. The lowest BCUT2D eigenvalue weighted by Gasteiger charge is -2.30. The van der Waals surface area contributed by atoms with Gasteiger partial charge >= 0.3 is 0 Å². The van der Waals surface area contributed by atoms with Gasteiger partial charge in [-0.05, 0) is 23.3 Å². The molecule has 0 saturated carbocycles. The van der Waals surface area contributed by atoms with Gasteiger partial charge in [-0.1, -0.05) is 6.07 Å². The minimum absolute atomic E-state index is 0.117. The Bertz CT molecular complexity index is 441. The van der Waals surface area contributed by atoms with Gasteiger partial charge in [0.2, 0.25) is 0 Å². The number of methoxy groups -OCH3 is 1. The lowest BCUT2D eigenvalue weighted by molar-refractivity contribution is -0.0418. The quantitative estimate of drug-likeness (QED) is 0.821. The molecule has 0 aliphatic carbocycles. The minimum Gasteiger partial charge on any atom is -0.399 e. The molecule has 0 radical (unpaired) electrons. The highest BCUT2D eigenvalue weighted by Crippen LogP contribution is 2.30. The summed E-state index contributed by atoms with van der Waals surface area (Å²) in [6, 6.07) is 6.20. The molecule has 2 aliphatic rings. The van der Waals surface area contributed by atoms with Crippen molar-refractivity contribution in [3.05, 3.63) is 29.3 Å². The molecule has 4 nitrogen and oxygen atoms in total. The van der Waals surface area contributed by atoms with Crippen LogP contribution < -0.4 is 5.73 Å². The third kappa shape index (κ3) is 2.11. The molecule has 1 fully saturated rings. The molecule has 1 aromatic rings. The maximum absolute atomic E-state index is 5.83. The van der Waals surface area contributed by atoms with Gasteiger partial charge < -0.3 is 15.2 Å². The maximum atomic E-state index is 5.83. The van der Waals surface area contributed by atoms with Crippen molar-refractivity contribution in [3.8, 4) is 0 Å². The van der Waals surface area contributed by atoms with E-state index in [0.29, 0.717) is 6.61 Å². The van der Waals surface area contributed by atoms with Crippen LogP contribution in [0.1, 0.15) is 17.5 Å². The molecule has 0 amide bonds. The van der Waals surface area contributed by atoms with Crippen LogP contribution in [0.4, 0.5) is 5.69 Å². The highest BCUT2D eigenvalue weighted by atomic mass is 16.5. The summed E-state index contributed by atoms with van der Waals surface area (Å²) >= 11 is 0. The second kappa shape index (κ2) is 4.53. The standard InChI is InChI=1S/C14H20N2O2/c1-17-14(4-5-18-10-14)9-16-7-11-2-3-13(15)6-12(11)8-16/h2-3,6H,4-5,7-10,15H2,1H3. The van der Waals surface area contributed by atoms with Gasteiger partial charge in [-0.3, -0.25) is 4.90 Å². The SMILES string of the molecule is COC1(CN2Cc3ccc(N)cc3C2)CCOC1. The zero-order valence-corrected chi connectivity index (χ0v) is 10.8. The molecule has 4 heteroatoms. The van der Waals surface area contributed by atoms with E-state index < -0.39 is 0 Å². The third-order valence-corrected chi connectivity index (χ3v) is 4.03. The Morgan fingerprint density at radius 1 is 1.39 bits per heavy atom. The Morgan fingerprint density at radius 3 is 2.94 bits per heavy atom. The van der Waals surface area contributed by atoms with Crippen LogP contribution in [-0.2, 0) is 22.6 Å². The smallest absolute Gasteiger partial charge is 0.106 e. The van der Waals surface area contributed by atoms with E-state index in [9.17, 15) is 0 Å². The number of hydrogen-bond donors (Lipinski definition) is 1. The summed E-state index contributed by atoms with van der Waals surface area (Å²) in [5.41, 5.74) is 9.29. The monoisotopic (exact) mass is 248 g/mol. The molecule has 98 valence electrons. The molecule has 1 saturated heterocycles. The van der Waals surface area contributed by atoms with Crippen LogP contribution in [0.25, 0.3) is 0 Å². The third-order valence-electron chi connectivity index (χ3n) is 4.03. The first-order valence-corrected chi connectivity index (χ1v) is 6.43. The van der Waals surface area contributed by atoms with Crippen LogP contribution in [-0.4, -0.2) is 37.4 Å². The minimum atomic E-state index is -0.117. The predicted octanol–water partition coefficient (Wildman–Crippen LogP) is 1.39. The summed E-state index contributed by atoms with van der Waals surface area (Å²) in [5.74, 6) is 0. The number of rotatable bonds is 3. The van der Waals surface area contributed by atoms with Crippen LogP contribution in [0.15, 0.2) is 18.2 Å². The number of anilines is 1. The Balaban J connectivity index is 1.70. The van der Waals surface area contributed by atoms with Gasteiger partial charge in [0.05, 0.1) is 6.61 Å². The zero-order valence-electron chi connectivity index (χ0n) is 10.8. The first-order chi connectivity index (χ1) is 8.71. The number of hydrogen-bond acceptors (Lipinski definition) is 4. The highest BCUT2D eigenvalue weighted by molar-refractivity contribution is 5.46. The number of benzene rings is 1. The molecule has 0 spiro atoms. The molecule has 1 atom stereocenters. The Labute approximate surface area is 108 Å². The number of nitrogens with two attached hydrogens (primary N) is 1. The highest BCUT2D eigenvalue weighted by Gasteiger charge is 2.37. The Hall–Kier alpha value is -1.10. The molecule has 18 heavy (non-hydrogen) atoms. The van der Waals surface area contributed by atoms with E-state index in [1.165, 1.54) is 11.1 Å². The lowest BCUT2D eigenvalue weighted by Crippen LogP contribution is -2.43. The molecule has 2 heterocycles. The largest absolute Gasteiger partial charge is 0.399 e. The molecule has 0 aromatic heterocycles. The van der Waals surface area contributed by atoms with Crippen LogP contribution in [0, 0.1) is 0 Å². The predicted molar refractivity (Wildman–Crippen MR) is 70.1 cm³/mol. The van der Waals surface area contributed by atoms with E-state index in [-0.39, 0.29) is 5.60 Å². The van der Waals surface area contributed by atoms with Crippen LogP contribution >= 0.6 is 0 Å². The zero-order chi connectivity index (χ0) is 12.6. The molecule has 2 aliphatic heterocycles. The molecule has 1 unspecified atom stereocenters. The number of fused-ring (bicyclic) bond motifs is 1. The van der Waals surface area contributed by atoms with E-state index in [1.54, 1.807) is 7.11 Å². The van der Waals surface area contributed by atoms with Crippen LogP contribution in [0.5, 0.6) is 0 Å². The summed E-state index contributed by atoms with van der Waals surface area (Å²) in [6.07, 6.45) is 0.985. The average molecular weight is 248 g/mol. The molecule has 2 N–H and O–H groups in total. The summed E-state index contributed by atoms with van der Waals surface area (Å²) in [6.45, 7) is 4.39. The van der Waals surface area contributed by atoms with Gasteiger partial charge in [-0.2, -0.15) is 0 Å². The van der Waals surface area contributed by atoms with Crippen LogP contribution in [0.2, 0.25) is 0 Å². The van der Waals surface area contributed by atoms with Crippen molar-refractivity contribution in [2.24, 2.45) is 0 Å². The Morgan fingerprint density at radius 2 is 2.22 bits per heavy atom. The van der Waals surface area contributed by atoms with Crippen molar-refractivity contribution in [2.45, 2.75) is 25.1 Å². The second-order valence-electron chi connectivity index (χ2n) is 5.36. The average Bonchev–Trinajstić information content (AvgIpc) is 2.96. The van der Waals surface area contributed by atoms with Gasteiger partial charge in [0.1, 0.15) is 5.60 Å². The van der Waals surface area contributed by atoms with Gasteiger partial charge in [0.25, 0.3) is 0 Å². The molecular formula is C14H20N2O2. The van der Waals surface area contributed by atoms with Crippen molar-refractivity contribution in [2.75, 3.05) is 32.6 Å². The normalized spacial score (nSPS) is 27.6. The van der Waals surface area contributed by atoms with Crippen molar-refractivity contribution in [3.63, 3.8) is 0 Å². The summed E-state index contributed by atoms with van der Waals surface area (Å²) < 4.78 is 11.2. The summed E-state index contributed by atoms with van der Waals surface area (Å²) in [7, 11) is 1.79. The fourth-order valence-electron chi connectivity index (χ4n) is 2.94. The number of nitrogens with zero attached hydrogens (tertiary/aromatic N) is 1. The van der Waals surface area contributed by atoms with Crippen molar-refractivity contribution >= 4 is 5.69 Å². The molecule has 1 aromatic carbocycles. The van der Waals surface area contributed by atoms with E-state index in [1.807, 2.05) is 6.07 Å². The van der Waals surface area contributed by atoms with Gasteiger partial charge in [-0.15, -0.1) is 0 Å².